The van der Waals surface area contributed by atoms with Gasteiger partial charge in [0, 0.05) is 11.3 Å². The molecule has 2 rings (SSSR count). The van der Waals surface area contributed by atoms with Crippen LogP contribution >= 0.6 is 0 Å². The lowest BCUT2D eigenvalue weighted by Crippen LogP contribution is -2.33. The van der Waals surface area contributed by atoms with Crippen molar-refractivity contribution in [2.75, 3.05) is 0 Å². The fourth-order valence-electron chi connectivity index (χ4n) is 3.13. The number of nitrogens with zero attached hydrogens (tertiary/aromatic N) is 2. The maximum atomic E-state index is 8.98. The Kier molecular flexibility index (Phi) is 1.69. The van der Waals surface area contributed by atoms with Gasteiger partial charge in [-0.05, 0) is 18.3 Å². The highest BCUT2D eigenvalue weighted by molar-refractivity contribution is 6.47. The summed E-state index contributed by atoms with van der Waals surface area (Å²) in [5.74, 6) is 0.225. The van der Waals surface area contributed by atoms with Gasteiger partial charge in [0.15, 0.2) is 0 Å². The van der Waals surface area contributed by atoms with Gasteiger partial charge >= 0.3 is 0 Å². The normalized spacial score (nSPS) is 45.2. The van der Waals surface area contributed by atoms with Crippen LogP contribution in [0.1, 0.15) is 33.6 Å². The van der Waals surface area contributed by atoms with Crippen LogP contribution in [-0.4, -0.2) is 21.8 Å². The molecular formula is C10H16N2O2. The quantitative estimate of drug-likeness (QED) is 0.460. The lowest BCUT2D eigenvalue weighted by atomic mass is 9.70. The summed E-state index contributed by atoms with van der Waals surface area (Å²) in [7, 11) is 0. The van der Waals surface area contributed by atoms with Crippen molar-refractivity contribution in [2.45, 2.75) is 33.6 Å². The molecule has 0 aliphatic heterocycles. The molecule has 2 N–H and O–H groups in total. The smallest absolute Gasteiger partial charge is 0.111 e. The Morgan fingerprint density at radius 3 is 2.29 bits per heavy atom. The average Bonchev–Trinajstić information content (AvgIpc) is 2.46. The molecule has 2 bridgehead atoms. The van der Waals surface area contributed by atoms with E-state index in [1.54, 1.807) is 0 Å². The molecule has 0 radical (unpaired) electrons. The van der Waals surface area contributed by atoms with E-state index < -0.39 is 0 Å². The molecule has 2 aliphatic carbocycles. The molecule has 0 aromatic rings. The largest absolute Gasteiger partial charge is 0.411 e. The zero-order valence-corrected chi connectivity index (χ0v) is 8.78. The van der Waals surface area contributed by atoms with E-state index in [9.17, 15) is 0 Å². The number of hydrogen-bond donors (Lipinski definition) is 2. The molecule has 2 aliphatic rings. The molecule has 2 atom stereocenters. The molecule has 0 amide bonds. The van der Waals surface area contributed by atoms with Gasteiger partial charge in [0.05, 0.1) is 0 Å². The third kappa shape index (κ3) is 0.751. The molecule has 0 heterocycles. The number of oxime groups is 2. The van der Waals surface area contributed by atoms with Crippen molar-refractivity contribution in [3.63, 3.8) is 0 Å². The van der Waals surface area contributed by atoms with Gasteiger partial charge in [-0.15, -0.1) is 0 Å². The summed E-state index contributed by atoms with van der Waals surface area (Å²) in [5.41, 5.74) is 1.02. The highest BCUT2D eigenvalue weighted by atomic mass is 16.4. The van der Waals surface area contributed by atoms with Gasteiger partial charge < -0.3 is 10.4 Å². The molecule has 78 valence electrons. The second-order valence-electron chi connectivity index (χ2n) is 5.08. The van der Waals surface area contributed by atoms with Crippen LogP contribution in [-0.2, 0) is 0 Å². The van der Waals surface area contributed by atoms with Crippen LogP contribution in [0.3, 0.4) is 0 Å². The monoisotopic (exact) mass is 196 g/mol. The molecule has 0 spiro atoms. The zero-order chi connectivity index (χ0) is 10.6. The van der Waals surface area contributed by atoms with Crippen molar-refractivity contribution in [1.82, 2.24) is 0 Å². The first kappa shape index (κ1) is 9.49. The SMILES string of the molecule is CC1(C)[C@@H]2CC[C@]1(C)C(=N\O)/C2=N\O. The lowest BCUT2D eigenvalue weighted by Gasteiger charge is -2.32. The zero-order valence-electron chi connectivity index (χ0n) is 8.78. The van der Waals surface area contributed by atoms with Gasteiger partial charge in [0.1, 0.15) is 11.4 Å². The molecule has 4 heteroatoms. The molecule has 0 aromatic heterocycles. The Hall–Kier alpha value is -1.06. The third-order valence-corrected chi connectivity index (χ3v) is 4.53. The topological polar surface area (TPSA) is 65.2 Å². The summed E-state index contributed by atoms with van der Waals surface area (Å²) in [6.07, 6.45) is 2.02. The summed E-state index contributed by atoms with van der Waals surface area (Å²) in [6, 6.07) is 0. The van der Waals surface area contributed by atoms with Crippen LogP contribution in [0, 0.1) is 16.7 Å². The highest BCUT2D eigenvalue weighted by Crippen LogP contribution is 2.62. The summed E-state index contributed by atoms with van der Waals surface area (Å²) in [5, 5.41) is 24.5. The third-order valence-electron chi connectivity index (χ3n) is 4.53. The van der Waals surface area contributed by atoms with E-state index in [0.717, 1.165) is 12.8 Å². The summed E-state index contributed by atoms with van der Waals surface area (Å²) in [4.78, 5) is 0. The van der Waals surface area contributed by atoms with Gasteiger partial charge in [-0.2, -0.15) is 0 Å². The summed E-state index contributed by atoms with van der Waals surface area (Å²) in [6.45, 7) is 6.38. The fraction of sp³-hybridized carbons (Fsp3) is 0.800. The lowest BCUT2D eigenvalue weighted by molar-refractivity contribution is 0.200. The molecular weight excluding hydrogens is 180 g/mol. The van der Waals surface area contributed by atoms with Crippen LogP contribution < -0.4 is 0 Å². The number of rotatable bonds is 0. The van der Waals surface area contributed by atoms with E-state index in [0.29, 0.717) is 11.4 Å². The van der Waals surface area contributed by atoms with Crippen molar-refractivity contribution >= 4 is 11.4 Å². The minimum Gasteiger partial charge on any atom is -0.411 e. The Morgan fingerprint density at radius 1 is 1.21 bits per heavy atom. The predicted molar refractivity (Wildman–Crippen MR) is 53.1 cm³/mol. The van der Waals surface area contributed by atoms with E-state index >= 15 is 0 Å². The minimum absolute atomic E-state index is 0.0239. The Morgan fingerprint density at radius 2 is 1.86 bits per heavy atom. The van der Waals surface area contributed by atoms with Crippen LogP contribution in [0.4, 0.5) is 0 Å². The predicted octanol–water partition coefficient (Wildman–Crippen LogP) is 2.10. The molecule has 2 fully saturated rings. The van der Waals surface area contributed by atoms with Crippen molar-refractivity contribution < 1.29 is 10.4 Å². The maximum Gasteiger partial charge on any atom is 0.111 e. The van der Waals surface area contributed by atoms with Crippen LogP contribution in [0.25, 0.3) is 0 Å². The number of hydrogen-bond acceptors (Lipinski definition) is 4. The summed E-state index contributed by atoms with van der Waals surface area (Å²) < 4.78 is 0. The Bertz CT molecular complexity index is 333. The van der Waals surface area contributed by atoms with Crippen molar-refractivity contribution in [1.29, 1.82) is 0 Å². The number of fused-ring (bicyclic) bond motifs is 2. The molecule has 4 nitrogen and oxygen atoms in total. The van der Waals surface area contributed by atoms with Crippen LogP contribution in [0.15, 0.2) is 10.3 Å². The molecule has 0 unspecified atom stereocenters. The van der Waals surface area contributed by atoms with E-state index in [2.05, 4.69) is 31.1 Å². The Balaban J connectivity index is 2.60. The van der Waals surface area contributed by atoms with Gasteiger partial charge in [-0.25, -0.2) is 0 Å². The van der Waals surface area contributed by atoms with Gasteiger partial charge in [-0.3, -0.25) is 0 Å². The summed E-state index contributed by atoms with van der Waals surface area (Å²) >= 11 is 0. The van der Waals surface area contributed by atoms with Gasteiger partial charge in [-0.1, -0.05) is 31.1 Å². The highest BCUT2D eigenvalue weighted by Gasteiger charge is 2.64. The van der Waals surface area contributed by atoms with Crippen molar-refractivity contribution in [3.8, 4) is 0 Å². The van der Waals surface area contributed by atoms with Crippen molar-refractivity contribution in [3.05, 3.63) is 0 Å². The van der Waals surface area contributed by atoms with Crippen LogP contribution in [0.5, 0.6) is 0 Å². The van der Waals surface area contributed by atoms with E-state index in [1.165, 1.54) is 0 Å². The van der Waals surface area contributed by atoms with E-state index in [4.69, 9.17) is 10.4 Å². The van der Waals surface area contributed by atoms with Crippen molar-refractivity contribution in [2.24, 2.45) is 27.1 Å². The average molecular weight is 196 g/mol. The van der Waals surface area contributed by atoms with Gasteiger partial charge in [0.25, 0.3) is 0 Å². The van der Waals surface area contributed by atoms with Gasteiger partial charge in [0.2, 0.25) is 0 Å². The second kappa shape index (κ2) is 2.49. The Labute approximate surface area is 83.3 Å². The first-order valence-corrected chi connectivity index (χ1v) is 4.94. The standard InChI is InChI=1S/C10H16N2O2/c1-9(2)6-4-5-10(9,3)8(12-14)7(6)11-13/h6,13-14H,4-5H2,1-3H3/b11-7-,12-8-/t6-,10-/m1/s1. The maximum absolute atomic E-state index is 8.98. The first-order valence-electron chi connectivity index (χ1n) is 4.94. The molecule has 0 aromatic carbocycles. The minimum atomic E-state index is -0.145. The second-order valence-corrected chi connectivity index (χ2v) is 5.08. The first-order chi connectivity index (χ1) is 6.49. The molecule has 0 saturated heterocycles. The van der Waals surface area contributed by atoms with Crippen LogP contribution in [0.2, 0.25) is 0 Å². The van der Waals surface area contributed by atoms with E-state index in [1.807, 2.05) is 0 Å². The molecule has 2 saturated carbocycles. The molecule has 14 heavy (non-hydrogen) atoms. The van der Waals surface area contributed by atoms with E-state index in [-0.39, 0.29) is 16.7 Å². The fourth-order valence-corrected chi connectivity index (χ4v) is 3.13.